The highest BCUT2D eigenvalue weighted by molar-refractivity contribution is 5.21. The molecule has 0 saturated heterocycles. The second-order valence-corrected chi connectivity index (χ2v) is 6.80. The fourth-order valence-corrected chi connectivity index (χ4v) is 3.29. The summed E-state index contributed by atoms with van der Waals surface area (Å²) in [6.07, 6.45) is 6.63. The van der Waals surface area contributed by atoms with Gasteiger partial charge in [-0.1, -0.05) is 45.4 Å². The predicted octanol–water partition coefficient (Wildman–Crippen LogP) is 5.73. The van der Waals surface area contributed by atoms with Crippen LogP contribution in [0, 0.1) is 23.4 Å². The average Bonchev–Trinajstić information content (AvgIpc) is 2.59. The van der Waals surface area contributed by atoms with E-state index in [-0.39, 0.29) is 25.2 Å². The summed E-state index contributed by atoms with van der Waals surface area (Å²) < 4.78 is 52.3. The Morgan fingerprint density at radius 1 is 0.889 bits per heavy atom. The van der Waals surface area contributed by atoms with E-state index >= 15 is 0 Å². The van der Waals surface area contributed by atoms with Crippen LogP contribution >= 0.6 is 0 Å². The number of rotatable bonds is 14. The second-order valence-electron chi connectivity index (χ2n) is 6.80. The van der Waals surface area contributed by atoms with Crippen molar-refractivity contribution in [2.75, 3.05) is 13.2 Å². The topological polar surface area (TPSA) is 38.7 Å². The molecule has 1 aromatic rings. The van der Waals surface area contributed by atoms with Gasteiger partial charge in [-0.2, -0.15) is 0 Å². The van der Waals surface area contributed by atoms with Gasteiger partial charge in [-0.3, -0.25) is 0 Å². The van der Waals surface area contributed by atoms with Gasteiger partial charge in [0.2, 0.25) is 0 Å². The normalized spacial score (nSPS) is 13.1. The van der Waals surface area contributed by atoms with Gasteiger partial charge < -0.3 is 14.6 Å². The van der Waals surface area contributed by atoms with Gasteiger partial charge in [0.15, 0.2) is 0 Å². The fraction of sp³-hybridized carbons (Fsp3) is 0.714. The van der Waals surface area contributed by atoms with Crippen LogP contribution in [-0.2, 0) is 15.9 Å². The Balaban J connectivity index is 2.92. The molecule has 1 atom stereocenters. The Morgan fingerprint density at radius 2 is 1.41 bits per heavy atom. The highest BCUT2D eigenvalue weighted by Crippen LogP contribution is 2.32. The zero-order chi connectivity index (χ0) is 20.3. The largest absolute Gasteiger partial charge is 0.343 e. The molecule has 0 aromatic heterocycles. The molecule has 0 fully saturated rings. The van der Waals surface area contributed by atoms with Crippen molar-refractivity contribution < 1.29 is 27.8 Å². The number of benzene rings is 1. The Morgan fingerprint density at radius 3 is 1.93 bits per heavy atom. The third kappa shape index (κ3) is 7.80. The van der Waals surface area contributed by atoms with Crippen LogP contribution < -0.4 is 0 Å². The highest BCUT2D eigenvalue weighted by Gasteiger charge is 2.39. The fourth-order valence-electron chi connectivity index (χ4n) is 3.29. The number of ether oxygens (including phenoxy) is 2. The van der Waals surface area contributed by atoms with E-state index in [1.54, 1.807) is 13.8 Å². The quantitative estimate of drug-likeness (QED) is 0.326. The molecule has 0 aliphatic carbocycles. The van der Waals surface area contributed by atoms with Crippen LogP contribution in [0.5, 0.6) is 0 Å². The summed E-state index contributed by atoms with van der Waals surface area (Å²) in [6.45, 7) is 5.96. The smallest absolute Gasteiger partial charge is 0.283 e. The molecular formula is C21H33F3O3. The molecule has 0 heterocycles. The molecule has 6 heteroatoms. The molecule has 0 amide bonds. The maximum atomic E-state index is 14.1. The van der Waals surface area contributed by atoms with E-state index < -0.39 is 29.3 Å². The van der Waals surface area contributed by atoms with Crippen molar-refractivity contribution in [1.82, 2.24) is 0 Å². The maximum absolute atomic E-state index is 14.1. The molecule has 1 unspecified atom stereocenters. The minimum atomic E-state index is -1.93. The Kier molecular flexibility index (Phi) is 11.0. The van der Waals surface area contributed by atoms with Crippen molar-refractivity contribution in [3.05, 3.63) is 35.1 Å². The van der Waals surface area contributed by atoms with Gasteiger partial charge in [0.1, 0.15) is 17.5 Å². The molecule has 0 bridgehead atoms. The van der Waals surface area contributed by atoms with Crippen molar-refractivity contribution in [3.8, 4) is 0 Å². The van der Waals surface area contributed by atoms with E-state index in [0.29, 0.717) is 18.6 Å². The second kappa shape index (κ2) is 12.4. The van der Waals surface area contributed by atoms with E-state index in [9.17, 15) is 18.3 Å². The molecule has 3 nitrogen and oxygen atoms in total. The number of hydrogen-bond acceptors (Lipinski definition) is 3. The lowest BCUT2D eigenvalue weighted by atomic mass is 9.90. The van der Waals surface area contributed by atoms with Crippen LogP contribution in [0.4, 0.5) is 13.2 Å². The lowest BCUT2D eigenvalue weighted by Gasteiger charge is -2.35. The van der Waals surface area contributed by atoms with Gasteiger partial charge in [0.05, 0.1) is 0 Å². The van der Waals surface area contributed by atoms with Gasteiger partial charge in [-0.25, -0.2) is 13.2 Å². The molecule has 0 radical (unpaired) electrons. The first-order valence-electron chi connectivity index (χ1n) is 10.0. The molecule has 1 N–H and O–H groups in total. The van der Waals surface area contributed by atoms with Crippen molar-refractivity contribution in [2.24, 2.45) is 5.92 Å². The van der Waals surface area contributed by atoms with Gasteiger partial charge >= 0.3 is 0 Å². The molecular weight excluding hydrogens is 357 g/mol. The first-order valence-corrected chi connectivity index (χ1v) is 10.0. The van der Waals surface area contributed by atoms with E-state index in [1.165, 1.54) is 6.42 Å². The number of hydrogen-bond donors (Lipinski definition) is 1. The Hall–Kier alpha value is -1.11. The SMILES string of the molecule is CCCCCCCCC(Cc1c(F)cc(F)cc1F)C(O)(OCC)OCC. The summed E-state index contributed by atoms with van der Waals surface area (Å²) in [4.78, 5) is 0. The molecule has 0 spiro atoms. The molecule has 0 aliphatic rings. The zero-order valence-corrected chi connectivity index (χ0v) is 16.7. The summed E-state index contributed by atoms with van der Waals surface area (Å²) in [5.74, 6) is -5.49. The highest BCUT2D eigenvalue weighted by atomic mass is 19.1. The molecule has 1 aromatic carbocycles. The van der Waals surface area contributed by atoms with E-state index in [2.05, 4.69) is 6.92 Å². The monoisotopic (exact) mass is 390 g/mol. The van der Waals surface area contributed by atoms with Crippen molar-refractivity contribution >= 4 is 0 Å². The van der Waals surface area contributed by atoms with Crippen molar-refractivity contribution in [1.29, 1.82) is 0 Å². The average molecular weight is 390 g/mol. The minimum Gasteiger partial charge on any atom is -0.343 e. The van der Waals surface area contributed by atoms with Crippen LogP contribution in [0.3, 0.4) is 0 Å². The standard InChI is InChI=1S/C21H33F3O3/c1-4-7-8-9-10-11-12-16(21(25,26-5-2)27-6-3)13-18-19(23)14-17(22)15-20(18)24/h14-16,25H,4-13H2,1-3H3. The van der Waals surface area contributed by atoms with E-state index in [4.69, 9.17) is 9.47 Å². The molecule has 1 rings (SSSR count). The van der Waals surface area contributed by atoms with E-state index in [1.807, 2.05) is 0 Å². The van der Waals surface area contributed by atoms with Crippen molar-refractivity contribution in [3.63, 3.8) is 0 Å². The number of halogens is 3. The van der Waals surface area contributed by atoms with Crippen LogP contribution in [0.15, 0.2) is 12.1 Å². The summed E-state index contributed by atoms with van der Waals surface area (Å²) in [5, 5.41) is 10.8. The van der Waals surface area contributed by atoms with Crippen LogP contribution in [0.25, 0.3) is 0 Å². The first-order chi connectivity index (χ1) is 12.9. The van der Waals surface area contributed by atoms with Crippen LogP contribution in [0.2, 0.25) is 0 Å². The first kappa shape index (κ1) is 23.9. The number of unbranched alkanes of at least 4 members (excludes halogenated alkanes) is 5. The minimum absolute atomic E-state index is 0.136. The van der Waals surface area contributed by atoms with E-state index in [0.717, 1.165) is 32.1 Å². The zero-order valence-electron chi connectivity index (χ0n) is 16.7. The van der Waals surface area contributed by atoms with Crippen LogP contribution in [0.1, 0.15) is 71.3 Å². The maximum Gasteiger partial charge on any atom is 0.283 e. The summed E-state index contributed by atoms with van der Waals surface area (Å²) in [6, 6.07) is 1.31. The summed E-state index contributed by atoms with van der Waals surface area (Å²) >= 11 is 0. The lowest BCUT2D eigenvalue weighted by Crippen LogP contribution is -2.45. The van der Waals surface area contributed by atoms with Crippen molar-refractivity contribution in [2.45, 2.75) is 78.1 Å². The lowest BCUT2D eigenvalue weighted by molar-refractivity contribution is -0.384. The number of aliphatic hydroxyl groups is 1. The Labute approximate surface area is 160 Å². The molecule has 156 valence electrons. The predicted molar refractivity (Wildman–Crippen MR) is 99.7 cm³/mol. The van der Waals surface area contributed by atoms with Gasteiger partial charge in [0.25, 0.3) is 5.97 Å². The molecule has 0 saturated carbocycles. The molecule has 27 heavy (non-hydrogen) atoms. The van der Waals surface area contributed by atoms with Gasteiger partial charge in [-0.05, 0) is 26.7 Å². The molecule has 0 aliphatic heterocycles. The summed E-state index contributed by atoms with van der Waals surface area (Å²) in [7, 11) is 0. The van der Waals surface area contributed by atoms with Gasteiger partial charge in [-0.15, -0.1) is 0 Å². The third-order valence-electron chi connectivity index (χ3n) is 4.68. The third-order valence-corrected chi connectivity index (χ3v) is 4.68. The Bertz CT molecular complexity index is 522. The van der Waals surface area contributed by atoms with Crippen LogP contribution in [-0.4, -0.2) is 24.3 Å². The van der Waals surface area contributed by atoms with Gasteiger partial charge in [0, 0.05) is 36.8 Å². The summed E-state index contributed by atoms with van der Waals surface area (Å²) in [5.41, 5.74) is -0.259.